The molecule has 3 aromatic rings. The van der Waals surface area contributed by atoms with Gasteiger partial charge in [-0.05, 0) is 17.7 Å². The van der Waals surface area contributed by atoms with E-state index in [1.165, 1.54) is 17.3 Å². The van der Waals surface area contributed by atoms with Crippen molar-refractivity contribution in [1.82, 2.24) is 10.2 Å². The molecule has 3 nitrogen and oxygen atoms in total. The number of hydrogen-bond acceptors (Lipinski definition) is 4. The number of nitrogens with zero attached hydrogens (tertiary/aromatic N) is 2. The van der Waals surface area contributed by atoms with Gasteiger partial charge < -0.3 is 4.42 Å². The number of benzene rings is 2. The summed E-state index contributed by atoms with van der Waals surface area (Å²) in [5.41, 5.74) is 2.13. The Bertz CT molecular complexity index is 708. The molecule has 0 spiro atoms. The SMILES string of the molecule is C(=C\c1ccccc1)/CSc1nnc(-c2ccccc2)o1. The molecule has 0 atom stereocenters. The van der Waals surface area contributed by atoms with Gasteiger partial charge in [0.1, 0.15) is 0 Å². The van der Waals surface area contributed by atoms with E-state index >= 15 is 0 Å². The minimum Gasteiger partial charge on any atom is -0.411 e. The van der Waals surface area contributed by atoms with Crippen molar-refractivity contribution in [2.75, 3.05) is 5.75 Å². The molecule has 1 heterocycles. The van der Waals surface area contributed by atoms with Crippen LogP contribution in [0, 0.1) is 0 Å². The summed E-state index contributed by atoms with van der Waals surface area (Å²) in [7, 11) is 0. The minimum absolute atomic E-state index is 0.560. The Morgan fingerprint density at radius 2 is 1.62 bits per heavy atom. The Kier molecular flexibility index (Phi) is 4.49. The van der Waals surface area contributed by atoms with E-state index in [0.29, 0.717) is 11.1 Å². The van der Waals surface area contributed by atoms with E-state index in [0.717, 1.165) is 11.3 Å². The number of rotatable bonds is 5. The second kappa shape index (κ2) is 6.90. The van der Waals surface area contributed by atoms with Gasteiger partial charge in [0.2, 0.25) is 5.89 Å². The van der Waals surface area contributed by atoms with Gasteiger partial charge in [-0.3, -0.25) is 0 Å². The molecule has 21 heavy (non-hydrogen) atoms. The zero-order valence-electron chi connectivity index (χ0n) is 11.3. The lowest BCUT2D eigenvalue weighted by molar-refractivity contribution is 0.466. The lowest BCUT2D eigenvalue weighted by Gasteiger charge is -1.93. The first-order chi connectivity index (χ1) is 10.4. The molecule has 0 unspecified atom stereocenters. The topological polar surface area (TPSA) is 38.9 Å². The van der Waals surface area contributed by atoms with Crippen molar-refractivity contribution >= 4 is 17.8 Å². The smallest absolute Gasteiger partial charge is 0.277 e. The summed E-state index contributed by atoms with van der Waals surface area (Å²) in [4.78, 5) is 0. The van der Waals surface area contributed by atoms with Crippen molar-refractivity contribution < 1.29 is 4.42 Å². The van der Waals surface area contributed by atoms with Crippen molar-refractivity contribution in [1.29, 1.82) is 0 Å². The molecule has 0 fully saturated rings. The molecule has 0 aliphatic heterocycles. The summed E-state index contributed by atoms with van der Waals surface area (Å²) in [6.07, 6.45) is 4.17. The number of thioether (sulfide) groups is 1. The fourth-order valence-electron chi connectivity index (χ4n) is 1.83. The third kappa shape index (κ3) is 3.83. The Morgan fingerprint density at radius 3 is 2.38 bits per heavy atom. The van der Waals surface area contributed by atoms with E-state index in [4.69, 9.17) is 4.42 Å². The van der Waals surface area contributed by atoms with Crippen molar-refractivity contribution in [3.8, 4) is 11.5 Å². The summed E-state index contributed by atoms with van der Waals surface area (Å²) < 4.78 is 5.63. The highest BCUT2D eigenvalue weighted by Gasteiger charge is 2.07. The average molecular weight is 294 g/mol. The van der Waals surface area contributed by atoms with E-state index in [1.807, 2.05) is 48.5 Å². The van der Waals surface area contributed by atoms with Crippen molar-refractivity contribution in [3.63, 3.8) is 0 Å². The Labute approximate surface area is 127 Å². The van der Waals surface area contributed by atoms with Crippen molar-refractivity contribution in [2.45, 2.75) is 5.22 Å². The van der Waals surface area contributed by atoms with Gasteiger partial charge in [0, 0.05) is 11.3 Å². The monoisotopic (exact) mass is 294 g/mol. The predicted molar refractivity (Wildman–Crippen MR) is 85.9 cm³/mol. The summed E-state index contributed by atoms with van der Waals surface area (Å²) >= 11 is 1.53. The quantitative estimate of drug-likeness (QED) is 0.647. The van der Waals surface area contributed by atoms with Crippen LogP contribution in [0.15, 0.2) is 76.4 Å². The molecule has 1 aromatic heterocycles. The molecule has 0 aliphatic rings. The van der Waals surface area contributed by atoms with Gasteiger partial charge in [0.25, 0.3) is 5.22 Å². The third-order valence-corrected chi connectivity index (χ3v) is 3.61. The van der Waals surface area contributed by atoms with Gasteiger partial charge in [0.05, 0.1) is 0 Å². The maximum atomic E-state index is 5.63. The number of aromatic nitrogens is 2. The van der Waals surface area contributed by atoms with Gasteiger partial charge in [-0.2, -0.15) is 0 Å². The Morgan fingerprint density at radius 1 is 0.905 bits per heavy atom. The van der Waals surface area contributed by atoms with E-state index in [1.54, 1.807) is 0 Å². The van der Waals surface area contributed by atoms with Crippen LogP contribution in [0.3, 0.4) is 0 Å². The highest BCUT2D eigenvalue weighted by atomic mass is 32.2. The molecule has 0 saturated heterocycles. The van der Waals surface area contributed by atoms with E-state index < -0.39 is 0 Å². The van der Waals surface area contributed by atoms with Crippen molar-refractivity contribution in [3.05, 3.63) is 72.3 Å². The van der Waals surface area contributed by atoms with Gasteiger partial charge in [-0.25, -0.2) is 0 Å². The first-order valence-electron chi connectivity index (χ1n) is 6.65. The summed E-state index contributed by atoms with van der Waals surface area (Å²) in [5, 5.41) is 8.70. The van der Waals surface area contributed by atoms with Crippen LogP contribution in [0.2, 0.25) is 0 Å². The molecular weight excluding hydrogens is 280 g/mol. The molecule has 3 rings (SSSR count). The van der Waals surface area contributed by atoms with Gasteiger partial charge in [-0.15, -0.1) is 10.2 Å². The average Bonchev–Trinajstić information content (AvgIpc) is 3.02. The van der Waals surface area contributed by atoms with Crippen LogP contribution in [-0.4, -0.2) is 16.0 Å². The molecule has 0 radical (unpaired) electrons. The fraction of sp³-hybridized carbons (Fsp3) is 0.0588. The highest BCUT2D eigenvalue weighted by molar-refractivity contribution is 7.99. The van der Waals surface area contributed by atoms with Crippen molar-refractivity contribution in [2.24, 2.45) is 0 Å². The normalized spacial score (nSPS) is 11.0. The van der Waals surface area contributed by atoms with E-state index in [2.05, 4.69) is 34.5 Å². The molecule has 0 amide bonds. The van der Waals surface area contributed by atoms with E-state index in [-0.39, 0.29) is 0 Å². The maximum absolute atomic E-state index is 5.63. The third-order valence-electron chi connectivity index (χ3n) is 2.84. The second-order valence-corrected chi connectivity index (χ2v) is 5.33. The zero-order chi connectivity index (χ0) is 14.3. The lowest BCUT2D eigenvalue weighted by atomic mass is 10.2. The van der Waals surface area contributed by atoms with Crippen LogP contribution in [0.25, 0.3) is 17.5 Å². The van der Waals surface area contributed by atoms with Gasteiger partial charge >= 0.3 is 0 Å². The predicted octanol–water partition coefficient (Wildman–Crippen LogP) is 4.54. The van der Waals surface area contributed by atoms with Gasteiger partial charge in [-0.1, -0.05) is 72.4 Å². The standard InChI is InChI=1S/C17H14N2OS/c1-3-8-14(9-4-1)10-7-13-21-17-19-18-16(20-17)15-11-5-2-6-12-15/h1-12H,13H2/b10-7+. The van der Waals surface area contributed by atoms with Crippen LogP contribution >= 0.6 is 11.8 Å². The molecule has 0 N–H and O–H groups in total. The molecule has 104 valence electrons. The van der Waals surface area contributed by atoms with Gasteiger partial charge in [0.15, 0.2) is 0 Å². The summed E-state index contributed by atoms with van der Waals surface area (Å²) in [5.74, 6) is 1.36. The first kappa shape index (κ1) is 13.6. The second-order valence-electron chi connectivity index (χ2n) is 4.36. The lowest BCUT2D eigenvalue weighted by Crippen LogP contribution is -1.75. The molecule has 0 aliphatic carbocycles. The molecular formula is C17H14N2OS. The summed E-state index contributed by atoms with van der Waals surface area (Å²) in [6.45, 7) is 0. The van der Waals surface area contributed by atoms with Crippen LogP contribution in [0.5, 0.6) is 0 Å². The van der Waals surface area contributed by atoms with Crippen LogP contribution in [0.4, 0.5) is 0 Å². The number of hydrogen-bond donors (Lipinski definition) is 0. The Hall–Kier alpha value is -2.33. The van der Waals surface area contributed by atoms with Crippen LogP contribution in [-0.2, 0) is 0 Å². The maximum Gasteiger partial charge on any atom is 0.277 e. The fourth-order valence-corrected chi connectivity index (χ4v) is 2.40. The van der Waals surface area contributed by atoms with Crippen LogP contribution in [0.1, 0.15) is 5.56 Å². The molecule has 4 heteroatoms. The Balaban J connectivity index is 1.57. The molecule has 0 bridgehead atoms. The molecule has 2 aromatic carbocycles. The minimum atomic E-state index is 0.560. The zero-order valence-corrected chi connectivity index (χ0v) is 12.2. The summed E-state index contributed by atoms with van der Waals surface area (Å²) in [6, 6.07) is 20.0. The largest absolute Gasteiger partial charge is 0.411 e. The van der Waals surface area contributed by atoms with E-state index in [9.17, 15) is 0 Å². The molecule has 0 saturated carbocycles. The first-order valence-corrected chi connectivity index (χ1v) is 7.64. The van der Waals surface area contributed by atoms with Crippen LogP contribution < -0.4 is 0 Å². The highest BCUT2D eigenvalue weighted by Crippen LogP contribution is 2.22.